The van der Waals surface area contributed by atoms with E-state index in [-0.39, 0.29) is 16.6 Å². The second kappa shape index (κ2) is 6.72. The predicted octanol–water partition coefficient (Wildman–Crippen LogP) is 3.41. The summed E-state index contributed by atoms with van der Waals surface area (Å²) in [5.74, 6) is -1.38. The van der Waals surface area contributed by atoms with Gasteiger partial charge in [0.25, 0.3) is 0 Å². The number of benzene rings is 1. The Labute approximate surface area is 149 Å². The molecule has 142 valence electrons. The van der Waals surface area contributed by atoms with Crippen molar-refractivity contribution in [2.24, 2.45) is 0 Å². The minimum Gasteiger partial charge on any atom is -0.478 e. The third kappa shape index (κ3) is 3.95. The zero-order valence-electron chi connectivity index (χ0n) is 14.8. The molecule has 1 aliphatic rings. The molecule has 5 nitrogen and oxygen atoms in total. The Morgan fingerprint density at radius 1 is 1.19 bits per heavy atom. The fraction of sp³-hybridized carbons (Fsp3) is 0.471. The zero-order valence-corrected chi connectivity index (χ0v) is 14.8. The van der Waals surface area contributed by atoms with Crippen LogP contribution in [-0.4, -0.2) is 41.1 Å². The van der Waals surface area contributed by atoms with E-state index in [9.17, 15) is 28.2 Å². The highest BCUT2D eigenvalue weighted by atomic mass is 19.4. The normalized spacial score (nSPS) is 19.7. The summed E-state index contributed by atoms with van der Waals surface area (Å²) in [7, 11) is -0.999. The van der Waals surface area contributed by atoms with Gasteiger partial charge < -0.3 is 19.5 Å². The Hall–Kier alpha value is -1.84. The Bertz CT molecular complexity index is 724. The monoisotopic (exact) mass is 372 g/mol. The molecule has 1 aromatic rings. The lowest BCUT2D eigenvalue weighted by molar-refractivity contribution is -0.137. The number of aromatic carboxylic acids is 1. The van der Waals surface area contributed by atoms with Crippen LogP contribution in [0.5, 0.6) is 0 Å². The van der Waals surface area contributed by atoms with Crippen LogP contribution in [0, 0.1) is 0 Å². The van der Waals surface area contributed by atoms with E-state index < -0.39 is 42.6 Å². The SMILES string of the molecule is CC1(C)OB(C(=Cc2cc(C(F)(F)F)ccc2C(=O)O)CO)OC1(C)C. The van der Waals surface area contributed by atoms with Gasteiger partial charge in [0, 0.05) is 0 Å². The van der Waals surface area contributed by atoms with Crippen LogP contribution in [0.2, 0.25) is 0 Å². The lowest BCUT2D eigenvalue weighted by Crippen LogP contribution is -2.41. The summed E-state index contributed by atoms with van der Waals surface area (Å²) in [4.78, 5) is 11.3. The number of hydrogen-bond acceptors (Lipinski definition) is 4. The van der Waals surface area contributed by atoms with Crippen molar-refractivity contribution >= 4 is 19.2 Å². The second-order valence-corrected chi connectivity index (χ2v) is 7.07. The van der Waals surface area contributed by atoms with Crippen LogP contribution >= 0.6 is 0 Å². The molecule has 0 aromatic heterocycles. The Morgan fingerprint density at radius 3 is 2.15 bits per heavy atom. The highest BCUT2D eigenvalue weighted by Gasteiger charge is 2.52. The number of rotatable bonds is 4. The summed E-state index contributed by atoms with van der Waals surface area (Å²) in [6, 6.07) is 2.31. The number of aliphatic hydroxyl groups is 1. The maximum absolute atomic E-state index is 13.0. The first-order valence-electron chi connectivity index (χ1n) is 7.90. The van der Waals surface area contributed by atoms with Crippen molar-refractivity contribution in [1.29, 1.82) is 0 Å². The number of carboxylic acids is 1. The molecule has 0 amide bonds. The molecule has 1 saturated heterocycles. The molecule has 9 heteroatoms. The number of carboxylic acid groups (broad SMARTS) is 1. The maximum atomic E-state index is 13.0. The van der Waals surface area contributed by atoms with Crippen LogP contribution in [0.1, 0.15) is 49.2 Å². The average Bonchev–Trinajstić information content (AvgIpc) is 2.71. The first-order valence-corrected chi connectivity index (χ1v) is 7.90. The van der Waals surface area contributed by atoms with E-state index in [0.29, 0.717) is 6.07 Å². The maximum Gasteiger partial charge on any atom is 0.492 e. The third-order valence-corrected chi connectivity index (χ3v) is 4.69. The van der Waals surface area contributed by atoms with E-state index >= 15 is 0 Å². The van der Waals surface area contributed by atoms with Crippen molar-refractivity contribution in [1.82, 2.24) is 0 Å². The van der Waals surface area contributed by atoms with Gasteiger partial charge in [0.15, 0.2) is 0 Å². The van der Waals surface area contributed by atoms with Gasteiger partial charge in [-0.1, -0.05) is 6.08 Å². The van der Waals surface area contributed by atoms with Crippen molar-refractivity contribution in [2.75, 3.05) is 6.61 Å². The lowest BCUT2D eigenvalue weighted by Gasteiger charge is -2.32. The fourth-order valence-corrected chi connectivity index (χ4v) is 2.44. The Morgan fingerprint density at radius 2 is 1.73 bits per heavy atom. The predicted molar refractivity (Wildman–Crippen MR) is 89.5 cm³/mol. The van der Waals surface area contributed by atoms with Gasteiger partial charge >= 0.3 is 19.3 Å². The molecule has 0 unspecified atom stereocenters. The first-order chi connectivity index (χ1) is 11.8. The summed E-state index contributed by atoms with van der Waals surface area (Å²) in [5, 5.41) is 18.9. The van der Waals surface area contributed by atoms with Crippen molar-refractivity contribution < 1.29 is 37.5 Å². The second-order valence-electron chi connectivity index (χ2n) is 7.07. The zero-order chi connectivity index (χ0) is 19.9. The molecule has 2 N–H and O–H groups in total. The molecule has 1 heterocycles. The number of halogens is 3. The lowest BCUT2D eigenvalue weighted by atomic mass is 9.77. The van der Waals surface area contributed by atoms with E-state index in [4.69, 9.17) is 9.31 Å². The van der Waals surface area contributed by atoms with Gasteiger partial charge in [-0.15, -0.1) is 0 Å². The summed E-state index contributed by atoms with van der Waals surface area (Å²) in [6.45, 7) is 6.58. The summed E-state index contributed by atoms with van der Waals surface area (Å²) < 4.78 is 50.4. The summed E-state index contributed by atoms with van der Waals surface area (Å²) in [5.41, 5.74) is -2.79. The number of aliphatic hydroxyl groups excluding tert-OH is 1. The van der Waals surface area contributed by atoms with Crippen molar-refractivity contribution in [3.05, 3.63) is 40.4 Å². The van der Waals surface area contributed by atoms with E-state index in [1.807, 2.05) is 0 Å². The highest BCUT2D eigenvalue weighted by molar-refractivity contribution is 6.55. The average molecular weight is 372 g/mol. The van der Waals surface area contributed by atoms with Crippen molar-refractivity contribution in [3.8, 4) is 0 Å². The van der Waals surface area contributed by atoms with E-state index in [2.05, 4.69) is 0 Å². The minimum absolute atomic E-state index is 0.130. The molecule has 26 heavy (non-hydrogen) atoms. The van der Waals surface area contributed by atoms with Crippen LogP contribution in [0.15, 0.2) is 23.7 Å². The largest absolute Gasteiger partial charge is 0.492 e. The molecule has 2 rings (SSSR count). The van der Waals surface area contributed by atoms with Crippen molar-refractivity contribution in [3.63, 3.8) is 0 Å². The Kier molecular flexibility index (Phi) is 5.29. The Balaban J connectivity index is 2.50. The van der Waals surface area contributed by atoms with E-state index in [1.165, 1.54) is 6.08 Å². The van der Waals surface area contributed by atoms with Gasteiger partial charge in [-0.25, -0.2) is 4.79 Å². The van der Waals surface area contributed by atoms with Gasteiger partial charge in [0.2, 0.25) is 0 Å². The molecule has 0 bridgehead atoms. The van der Waals surface area contributed by atoms with E-state index in [0.717, 1.165) is 12.1 Å². The summed E-state index contributed by atoms with van der Waals surface area (Å²) in [6.07, 6.45) is -3.45. The molecule has 0 spiro atoms. The quantitative estimate of drug-likeness (QED) is 0.793. The first kappa shape index (κ1) is 20.5. The molecular formula is C17H20BF3O5. The smallest absolute Gasteiger partial charge is 0.478 e. The van der Waals surface area contributed by atoms with Gasteiger partial charge in [0.05, 0.1) is 28.9 Å². The molecule has 1 aromatic carbocycles. The third-order valence-electron chi connectivity index (χ3n) is 4.69. The molecule has 0 aliphatic carbocycles. The van der Waals surface area contributed by atoms with Crippen LogP contribution in [-0.2, 0) is 15.5 Å². The fourth-order valence-electron chi connectivity index (χ4n) is 2.44. The van der Waals surface area contributed by atoms with Crippen molar-refractivity contribution in [2.45, 2.75) is 45.1 Å². The van der Waals surface area contributed by atoms with Crippen LogP contribution in [0.3, 0.4) is 0 Å². The standard InChI is InChI=1S/C17H20BF3O5/c1-15(2)16(3,4)26-18(25-15)12(9-22)8-10-7-11(17(19,20)21)5-6-13(10)14(23)24/h5-8,22H,9H2,1-4H3,(H,23,24). The van der Waals surface area contributed by atoms with Gasteiger partial charge in [-0.2, -0.15) is 13.2 Å². The molecule has 0 saturated carbocycles. The number of hydrogen-bond donors (Lipinski definition) is 2. The molecule has 0 atom stereocenters. The molecule has 1 fully saturated rings. The number of alkyl halides is 3. The van der Waals surface area contributed by atoms with Gasteiger partial charge in [-0.3, -0.25) is 0 Å². The topological polar surface area (TPSA) is 76.0 Å². The highest BCUT2D eigenvalue weighted by Crippen LogP contribution is 2.39. The number of carbonyl (C=O) groups is 1. The van der Waals surface area contributed by atoms with Crippen LogP contribution in [0.25, 0.3) is 6.08 Å². The van der Waals surface area contributed by atoms with Gasteiger partial charge in [-0.05, 0) is 56.9 Å². The van der Waals surface area contributed by atoms with Crippen LogP contribution in [0.4, 0.5) is 13.2 Å². The molecular weight excluding hydrogens is 352 g/mol. The summed E-state index contributed by atoms with van der Waals surface area (Å²) >= 11 is 0. The van der Waals surface area contributed by atoms with E-state index in [1.54, 1.807) is 27.7 Å². The molecule has 0 radical (unpaired) electrons. The van der Waals surface area contributed by atoms with Gasteiger partial charge in [0.1, 0.15) is 0 Å². The minimum atomic E-state index is -4.62. The molecule has 1 aliphatic heterocycles. The van der Waals surface area contributed by atoms with Crippen LogP contribution < -0.4 is 0 Å².